The molecule has 12 heteroatoms. The molecular weight excluding hydrogens is 677 g/mol. The maximum absolute atomic E-state index is 13.5. The number of aliphatic carboxylic acids is 2. The van der Waals surface area contributed by atoms with Gasteiger partial charge in [-0.3, -0.25) is 0 Å². The molecule has 0 aromatic heterocycles. The third-order valence-electron chi connectivity index (χ3n) is 6.65. The van der Waals surface area contributed by atoms with E-state index in [-0.39, 0.29) is 11.6 Å². The number of anilines is 2. The topological polar surface area (TPSA) is 108 Å². The molecule has 1 saturated heterocycles. The van der Waals surface area contributed by atoms with E-state index in [1.54, 1.807) is 24.3 Å². The molecule has 1 aliphatic heterocycles. The van der Waals surface area contributed by atoms with Crippen molar-refractivity contribution in [2.24, 2.45) is 0 Å². The van der Waals surface area contributed by atoms with E-state index < -0.39 is 11.9 Å². The van der Waals surface area contributed by atoms with Gasteiger partial charge < -0.3 is 24.9 Å². The monoisotopic (exact) mass is 708 g/mol. The Morgan fingerprint density at radius 1 is 0.857 bits per heavy atom. The third-order valence-corrected chi connectivity index (χ3v) is 8.57. The van der Waals surface area contributed by atoms with Crippen molar-refractivity contribution >= 4 is 57.7 Å². The summed E-state index contributed by atoms with van der Waals surface area (Å²) < 4.78 is 28.0. The Hall–Kier alpha value is -3.25. The fraction of sp³-hybridized carbons (Fsp3) is 0.300. The second-order valence-electron chi connectivity index (χ2n) is 9.46. The van der Waals surface area contributed by atoms with Crippen LogP contribution in [0.5, 0.6) is 0 Å². The minimum atomic E-state index is -1.82. The predicted octanol–water partition coefficient (Wildman–Crippen LogP) is 5.69. The summed E-state index contributed by atoms with van der Waals surface area (Å²) in [7, 11) is 0. The average Bonchev–Trinajstić information content (AvgIpc) is 2.98. The molecular formula is C30H31F2IN4O4S. The van der Waals surface area contributed by atoms with Crippen LogP contribution in [0.25, 0.3) is 0 Å². The number of nitriles is 1. The highest BCUT2D eigenvalue weighted by Crippen LogP contribution is 2.27. The zero-order valence-corrected chi connectivity index (χ0v) is 25.7. The number of carboxylic acids is 2. The van der Waals surface area contributed by atoms with Gasteiger partial charge in [0.05, 0.1) is 0 Å². The van der Waals surface area contributed by atoms with E-state index in [2.05, 4.69) is 54.8 Å². The van der Waals surface area contributed by atoms with Gasteiger partial charge in [-0.15, -0.1) is 0 Å². The Balaban J connectivity index is 0.000000730. The van der Waals surface area contributed by atoms with Crippen LogP contribution >= 0.6 is 34.4 Å². The first-order chi connectivity index (χ1) is 20.2. The van der Waals surface area contributed by atoms with Crippen molar-refractivity contribution in [1.82, 2.24) is 9.80 Å². The minimum absolute atomic E-state index is 0.263. The molecule has 8 nitrogen and oxygen atoms in total. The zero-order chi connectivity index (χ0) is 30.5. The Morgan fingerprint density at radius 2 is 1.36 bits per heavy atom. The molecule has 0 spiro atoms. The van der Waals surface area contributed by atoms with Crippen LogP contribution in [0.4, 0.5) is 20.2 Å². The minimum Gasteiger partial charge on any atom is -0.473 e. The number of benzene rings is 3. The first-order valence-corrected chi connectivity index (χ1v) is 15.1. The molecule has 4 rings (SSSR count). The van der Waals surface area contributed by atoms with Crippen molar-refractivity contribution in [3.05, 3.63) is 87.5 Å². The first kappa shape index (κ1) is 33.3. The van der Waals surface area contributed by atoms with Gasteiger partial charge in [-0.05, 0) is 120 Å². The molecule has 0 radical (unpaired) electrons. The highest BCUT2D eigenvalue weighted by Gasteiger charge is 2.17. The van der Waals surface area contributed by atoms with Crippen molar-refractivity contribution in [2.75, 3.05) is 50.7 Å². The number of rotatable bonds is 10. The largest absolute Gasteiger partial charge is 0.473 e. The first-order valence-electron chi connectivity index (χ1n) is 13.2. The third kappa shape index (κ3) is 10.9. The molecule has 222 valence electrons. The lowest BCUT2D eigenvalue weighted by Crippen LogP contribution is -2.47. The number of carbonyl (C=O) groups is 2. The number of thiocyanates is 1. The molecule has 1 fully saturated rings. The second kappa shape index (κ2) is 17.0. The summed E-state index contributed by atoms with van der Waals surface area (Å²) in [5, 5.41) is 25.8. The van der Waals surface area contributed by atoms with Crippen LogP contribution in [-0.2, 0) is 16.0 Å². The van der Waals surface area contributed by atoms with Crippen LogP contribution < -0.4 is 4.90 Å². The normalized spacial score (nSPS) is 13.5. The number of carboxylic acid groups (broad SMARTS) is 2. The predicted molar refractivity (Wildman–Crippen MR) is 167 cm³/mol. The van der Waals surface area contributed by atoms with Crippen molar-refractivity contribution in [2.45, 2.75) is 17.7 Å². The van der Waals surface area contributed by atoms with Gasteiger partial charge in [0, 0.05) is 59.1 Å². The molecule has 3 aromatic rings. The molecule has 0 aliphatic carbocycles. The molecule has 42 heavy (non-hydrogen) atoms. The number of hydrogen-bond donors (Lipinski definition) is 2. The van der Waals surface area contributed by atoms with Gasteiger partial charge in [-0.2, -0.15) is 5.26 Å². The van der Waals surface area contributed by atoms with Crippen molar-refractivity contribution < 1.29 is 28.6 Å². The maximum atomic E-state index is 13.5. The molecule has 0 saturated carbocycles. The van der Waals surface area contributed by atoms with Gasteiger partial charge in [0.15, 0.2) is 0 Å². The van der Waals surface area contributed by atoms with Crippen LogP contribution in [-0.4, -0.2) is 77.8 Å². The number of piperazine rings is 1. The Bertz CT molecular complexity index is 1310. The standard InChI is InChI=1S/C28H29F2IN4S.C2H2O4/c29-23-3-7-25(8-4-23)35(26-9-5-24(30)6-10-26)14-1-13-33-16-18-34(19-17-33)15-12-22-2-11-28(36-21-32)27(31)20-22;3-1(4)2(5)6/h2-11,20H,1,12-19H2;(H,3,4)(H,5,6). The second-order valence-corrected chi connectivity index (χ2v) is 11.4. The van der Waals surface area contributed by atoms with Crippen LogP contribution in [0, 0.1) is 25.9 Å². The lowest BCUT2D eigenvalue weighted by Gasteiger charge is -2.35. The molecule has 1 aliphatic rings. The summed E-state index contributed by atoms with van der Waals surface area (Å²) in [5.41, 5.74) is 3.12. The molecule has 0 unspecified atom stereocenters. The van der Waals surface area contributed by atoms with E-state index in [0.717, 1.165) is 78.5 Å². The number of halogens is 3. The molecule has 0 atom stereocenters. The van der Waals surface area contributed by atoms with Gasteiger partial charge in [-0.25, -0.2) is 18.4 Å². The van der Waals surface area contributed by atoms with Gasteiger partial charge in [-0.1, -0.05) is 6.07 Å². The molecule has 0 amide bonds. The van der Waals surface area contributed by atoms with Crippen molar-refractivity contribution in [1.29, 1.82) is 5.26 Å². The molecule has 1 heterocycles. The van der Waals surface area contributed by atoms with Crippen molar-refractivity contribution in [3.63, 3.8) is 0 Å². The maximum Gasteiger partial charge on any atom is 0.414 e. The Kier molecular flexibility index (Phi) is 13.5. The lowest BCUT2D eigenvalue weighted by molar-refractivity contribution is -0.159. The highest BCUT2D eigenvalue weighted by molar-refractivity contribution is 14.1. The summed E-state index contributed by atoms with van der Waals surface area (Å²) >= 11 is 3.52. The van der Waals surface area contributed by atoms with Gasteiger partial charge in [0.1, 0.15) is 17.0 Å². The smallest absolute Gasteiger partial charge is 0.414 e. The summed E-state index contributed by atoms with van der Waals surface area (Å²) in [6.07, 6.45) is 1.97. The molecule has 3 aromatic carbocycles. The van der Waals surface area contributed by atoms with Crippen LogP contribution in [0.3, 0.4) is 0 Å². The van der Waals surface area contributed by atoms with Crippen molar-refractivity contribution in [3.8, 4) is 5.40 Å². The van der Waals surface area contributed by atoms with Gasteiger partial charge in [0.25, 0.3) is 0 Å². The van der Waals surface area contributed by atoms with E-state index in [9.17, 15) is 8.78 Å². The highest BCUT2D eigenvalue weighted by atomic mass is 127. The Morgan fingerprint density at radius 3 is 1.81 bits per heavy atom. The number of hydrogen-bond acceptors (Lipinski definition) is 7. The van der Waals surface area contributed by atoms with Gasteiger partial charge >= 0.3 is 11.9 Å². The summed E-state index contributed by atoms with van der Waals surface area (Å²) in [6, 6.07) is 19.3. The fourth-order valence-electron chi connectivity index (χ4n) is 4.46. The van der Waals surface area contributed by atoms with Crippen LogP contribution in [0.2, 0.25) is 0 Å². The van der Waals surface area contributed by atoms with E-state index in [0.29, 0.717) is 0 Å². The fourth-order valence-corrected chi connectivity index (χ4v) is 5.76. The number of thioether (sulfide) groups is 1. The molecule has 2 N–H and O–H groups in total. The quantitative estimate of drug-likeness (QED) is 0.119. The summed E-state index contributed by atoms with van der Waals surface area (Å²) in [6.45, 7) is 7.00. The average molecular weight is 709 g/mol. The van der Waals surface area contributed by atoms with E-state index in [4.69, 9.17) is 25.1 Å². The van der Waals surface area contributed by atoms with E-state index in [1.165, 1.54) is 41.6 Å². The summed E-state index contributed by atoms with van der Waals surface area (Å²) in [5.74, 6) is -4.18. The SMILES string of the molecule is N#CSc1ccc(CCN2CCN(CCCN(c3ccc(F)cc3)c3ccc(F)cc3)CC2)cc1I.O=C(O)C(=O)O. The van der Waals surface area contributed by atoms with Crippen LogP contribution in [0.1, 0.15) is 12.0 Å². The van der Waals surface area contributed by atoms with Gasteiger partial charge in [0.2, 0.25) is 0 Å². The zero-order valence-electron chi connectivity index (χ0n) is 22.8. The lowest BCUT2D eigenvalue weighted by atomic mass is 10.1. The number of nitrogens with zero attached hydrogens (tertiary/aromatic N) is 4. The molecule has 0 bridgehead atoms. The Labute approximate surface area is 261 Å². The summed E-state index contributed by atoms with van der Waals surface area (Å²) in [4.78, 5) is 26.4. The van der Waals surface area contributed by atoms with Crippen LogP contribution in [0.15, 0.2) is 71.6 Å². The van der Waals surface area contributed by atoms with E-state index in [1.807, 2.05) is 6.07 Å². The van der Waals surface area contributed by atoms with E-state index >= 15 is 0 Å².